The Kier molecular flexibility index (Phi) is 6.36. The molecule has 0 radical (unpaired) electrons. The van der Waals surface area contributed by atoms with Crippen molar-refractivity contribution in [2.24, 2.45) is 0 Å². The van der Waals surface area contributed by atoms with Gasteiger partial charge in [-0.15, -0.1) is 0 Å². The van der Waals surface area contributed by atoms with Gasteiger partial charge in [0.25, 0.3) is 0 Å². The van der Waals surface area contributed by atoms with E-state index in [-0.39, 0.29) is 18.4 Å². The largest absolute Gasteiger partial charge is 0.367 e. The number of aromatic nitrogens is 5. The summed E-state index contributed by atoms with van der Waals surface area (Å²) in [6.07, 6.45) is 1.93. The molecule has 0 saturated heterocycles. The summed E-state index contributed by atoms with van der Waals surface area (Å²) in [4.78, 5) is 21.7. The van der Waals surface area contributed by atoms with E-state index < -0.39 is 0 Å². The summed E-state index contributed by atoms with van der Waals surface area (Å²) in [6, 6.07) is 7.76. The molecule has 1 amide bonds. The maximum Gasteiger partial charge on any atom is 0.226 e. The van der Waals surface area contributed by atoms with Crippen molar-refractivity contribution in [1.82, 2.24) is 30.2 Å². The number of para-hydroxylation sites is 1. The summed E-state index contributed by atoms with van der Waals surface area (Å²) in [5.74, 6) is 1.55. The van der Waals surface area contributed by atoms with Gasteiger partial charge in [0.1, 0.15) is 11.5 Å². The molecular weight excluding hydrogens is 414 g/mol. The highest BCUT2D eigenvalue weighted by Crippen LogP contribution is 2.25. The third kappa shape index (κ3) is 4.79. The number of thioether (sulfide) groups is 1. The molecule has 162 valence electrons. The molecule has 0 aliphatic rings. The molecule has 0 fully saturated rings. The first kappa shape index (κ1) is 21.1. The minimum absolute atomic E-state index is 0.116. The Labute approximate surface area is 184 Å². The standard InChI is InChI=1S/C21H25N7O2S/c1-4-31-21-25-19(24-13(2)3)15-12-23-28(20(15)26-21)10-9-22-18(29)11-16-14-7-5-6-8-17(14)30-27-16/h5-8,12-13H,4,9-11H2,1-3H3,(H,22,29)(H,24,25,26). The number of hydrogen-bond acceptors (Lipinski definition) is 8. The third-order valence-electron chi connectivity index (χ3n) is 4.60. The van der Waals surface area contributed by atoms with Crippen LogP contribution >= 0.6 is 11.8 Å². The van der Waals surface area contributed by atoms with Crippen LogP contribution in [0.25, 0.3) is 22.0 Å². The Balaban J connectivity index is 1.43. The van der Waals surface area contributed by atoms with E-state index in [1.807, 2.05) is 24.3 Å². The molecule has 10 heteroatoms. The second kappa shape index (κ2) is 9.34. The van der Waals surface area contributed by atoms with E-state index >= 15 is 0 Å². The average molecular weight is 440 g/mol. The number of rotatable bonds is 9. The fourth-order valence-corrected chi connectivity index (χ4v) is 3.82. The van der Waals surface area contributed by atoms with Crippen LogP contribution in [0, 0.1) is 0 Å². The molecule has 4 rings (SSSR count). The van der Waals surface area contributed by atoms with Crippen molar-refractivity contribution in [3.8, 4) is 0 Å². The van der Waals surface area contributed by atoms with Gasteiger partial charge in [0, 0.05) is 18.0 Å². The first-order chi connectivity index (χ1) is 15.0. The lowest BCUT2D eigenvalue weighted by Crippen LogP contribution is -2.29. The van der Waals surface area contributed by atoms with E-state index in [9.17, 15) is 4.79 Å². The Morgan fingerprint density at radius 3 is 2.87 bits per heavy atom. The van der Waals surface area contributed by atoms with Crippen molar-refractivity contribution in [2.45, 2.75) is 44.9 Å². The van der Waals surface area contributed by atoms with Crippen LogP contribution in [0.15, 0.2) is 40.1 Å². The number of amides is 1. The number of carbonyl (C=O) groups is 1. The number of benzene rings is 1. The first-order valence-electron chi connectivity index (χ1n) is 10.3. The summed E-state index contributed by atoms with van der Waals surface area (Å²) in [5.41, 5.74) is 2.07. The zero-order valence-corrected chi connectivity index (χ0v) is 18.6. The van der Waals surface area contributed by atoms with E-state index in [0.29, 0.717) is 29.5 Å². The van der Waals surface area contributed by atoms with Gasteiger partial charge in [-0.05, 0) is 31.7 Å². The molecule has 0 unspecified atom stereocenters. The Hall–Kier alpha value is -3.14. The van der Waals surface area contributed by atoms with Crippen molar-refractivity contribution in [3.63, 3.8) is 0 Å². The molecule has 31 heavy (non-hydrogen) atoms. The van der Waals surface area contributed by atoms with Crippen LogP contribution in [0.5, 0.6) is 0 Å². The Morgan fingerprint density at radius 1 is 1.23 bits per heavy atom. The van der Waals surface area contributed by atoms with Crippen LogP contribution in [-0.4, -0.2) is 49.2 Å². The van der Waals surface area contributed by atoms with Crippen LogP contribution in [0.2, 0.25) is 0 Å². The number of anilines is 1. The van der Waals surface area contributed by atoms with Crippen molar-refractivity contribution in [3.05, 3.63) is 36.2 Å². The van der Waals surface area contributed by atoms with Gasteiger partial charge in [-0.25, -0.2) is 14.6 Å². The lowest BCUT2D eigenvalue weighted by molar-refractivity contribution is -0.120. The fourth-order valence-electron chi connectivity index (χ4n) is 3.26. The molecule has 0 bridgehead atoms. The zero-order valence-electron chi connectivity index (χ0n) is 17.8. The topological polar surface area (TPSA) is 111 Å². The highest BCUT2D eigenvalue weighted by molar-refractivity contribution is 7.99. The lowest BCUT2D eigenvalue weighted by atomic mass is 10.1. The highest BCUT2D eigenvalue weighted by Gasteiger charge is 2.15. The molecule has 3 heterocycles. The Morgan fingerprint density at radius 2 is 2.06 bits per heavy atom. The lowest BCUT2D eigenvalue weighted by Gasteiger charge is -2.11. The number of carbonyl (C=O) groups excluding carboxylic acids is 1. The van der Waals surface area contributed by atoms with Crippen molar-refractivity contribution in [2.75, 3.05) is 17.6 Å². The van der Waals surface area contributed by atoms with E-state index in [1.165, 1.54) is 0 Å². The monoisotopic (exact) mass is 439 g/mol. The SMILES string of the molecule is CCSc1nc(NC(C)C)c2cnn(CCNC(=O)Cc3noc4ccccc34)c2n1. The summed E-state index contributed by atoms with van der Waals surface area (Å²) >= 11 is 1.59. The van der Waals surface area contributed by atoms with Gasteiger partial charge in [0.05, 0.1) is 24.5 Å². The van der Waals surface area contributed by atoms with Crippen molar-refractivity contribution >= 4 is 45.5 Å². The molecule has 0 aliphatic carbocycles. The minimum Gasteiger partial charge on any atom is -0.367 e. The van der Waals surface area contributed by atoms with Gasteiger partial charge >= 0.3 is 0 Å². The molecule has 4 aromatic rings. The molecule has 1 aromatic carbocycles. The number of nitrogens with zero attached hydrogens (tertiary/aromatic N) is 5. The first-order valence-corrected chi connectivity index (χ1v) is 11.3. The molecule has 2 N–H and O–H groups in total. The van der Waals surface area contributed by atoms with Crippen molar-refractivity contribution in [1.29, 1.82) is 0 Å². The number of fused-ring (bicyclic) bond motifs is 2. The number of nitrogens with one attached hydrogen (secondary N) is 2. The maximum absolute atomic E-state index is 12.4. The summed E-state index contributed by atoms with van der Waals surface area (Å²) in [5, 5.41) is 17.2. The van der Waals surface area contributed by atoms with E-state index in [2.05, 4.69) is 51.6 Å². The van der Waals surface area contributed by atoms with Crippen LogP contribution < -0.4 is 10.6 Å². The van der Waals surface area contributed by atoms with Crippen LogP contribution in [0.4, 0.5) is 5.82 Å². The quantitative estimate of drug-likeness (QED) is 0.302. The third-order valence-corrected chi connectivity index (χ3v) is 5.33. The highest BCUT2D eigenvalue weighted by atomic mass is 32.2. The molecule has 0 spiro atoms. The van der Waals surface area contributed by atoms with E-state index in [4.69, 9.17) is 4.52 Å². The predicted octanol–water partition coefficient (Wildman–Crippen LogP) is 3.26. The smallest absolute Gasteiger partial charge is 0.226 e. The molecule has 9 nitrogen and oxygen atoms in total. The van der Waals surface area contributed by atoms with Gasteiger partial charge in [-0.3, -0.25) is 4.79 Å². The summed E-state index contributed by atoms with van der Waals surface area (Å²) in [6.45, 7) is 7.14. The Bertz CT molecular complexity index is 1200. The number of hydrogen-bond donors (Lipinski definition) is 2. The molecule has 0 saturated carbocycles. The zero-order chi connectivity index (χ0) is 21.8. The second-order valence-electron chi connectivity index (χ2n) is 7.34. The fraction of sp³-hybridized carbons (Fsp3) is 0.381. The van der Waals surface area contributed by atoms with Gasteiger partial charge in [0.15, 0.2) is 16.4 Å². The van der Waals surface area contributed by atoms with Gasteiger partial charge in [-0.2, -0.15) is 5.10 Å². The predicted molar refractivity (Wildman–Crippen MR) is 121 cm³/mol. The van der Waals surface area contributed by atoms with Crippen LogP contribution in [-0.2, 0) is 17.8 Å². The van der Waals surface area contributed by atoms with E-state index in [1.54, 1.807) is 22.6 Å². The molecule has 0 aliphatic heterocycles. The maximum atomic E-state index is 12.4. The molecule has 0 atom stereocenters. The van der Waals surface area contributed by atoms with Crippen molar-refractivity contribution < 1.29 is 9.32 Å². The van der Waals surface area contributed by atoms with Crippen LogP contribution in [0.1, 0.15) is 26.5 Å². The van der Waals surface area contributed by atoms with Crippen LogP contribution in [0.3, 0.4) is 0 Å². The molecule has 3 aromatic heterocycles. The van der Waals surface area contributed by atoms with Gasteiger partial charge in [-0.1, -0.05) is 36.0 Å². The summed E-state index contributed by atoms with van der Waals surface area (Å²) in [7, 11) is 0. The molecular formula is C21H25N7O2S. The average Bonchev–Trinajstić information content (AvgIpc) is 3.33. The second-order valence-corrected chi connectivity index (χ2v) is 8.58. The summed E-state index contributed by atoms with van der Waals surface area (Å²) < 4.78 is 7.06. The minimum atomic E-state index is -0.116. The normalized spacial score (nSPS) is 11.5. The van der Waals surface area contributed by atoms with Gasteiger partial charge < -0.3 is 15.2 Å². The van der Waals surface area contributed by atoms with E-state index in [0.717, 1.165) is 28.0 Å². The van der Waals surface area contributed by atoms with Gasteiger partial charge in [0.2, 0.25) is 5.91 Å².